The van der Waals surface area contributed by atoms with Gasteiger partial charge in [-0.05, 0) is 19.3 Å². The number of hydrogen-bond acceptors (Lipinski definition) is 4. The first-order valence-electron chi connectivity index (χ1n) is 7.11. The summed E-state index contributed by atoms with van der Waals surface area (Å²) in [6.45, 7) is 7.85. The highest BCUT2D eigenvalue weighted by Gasteiger charge is 2.31. The second-order valence-electron chi connectivity index (χ2n) is 5.42. The van der Waals surface area contributed by atoms with Crippen LogP contribution in [0.15, 0.2) is 0 Å². The normalized spacial score (nSPS) is 29.6. The molecule has 0 spiro atoms. The fourth-order valence-electron chi connectivity index (χ4n) is 2.78. The van der Waals surface area contributed by atoms with Gasteiger partial charge in [-0.2, -0.15) is 0 Å². The van der Waals surface area contributed by atoms with E-state index in [0.29, 0.717) is 0 Å². The summed E-state index contributed by atoms with van der Waals surface area (Å²) in [5, 5.41) is 0. The minimum Gasteiger partial charge on any atom is -0.353 e. The highest BCUT2D eigenvalue weighted by Crippen LogP contribution is 2.27. The molecule has 17 heavy (non-hydrogen) atoms. The maximum atomic E-state index is 5.58. The summed E-state index contributed by atoms with van der Waals surface area (Å²) < 4.78 is 11.2. The van der Waals surface area contributed by atoms with Gasteiger partial charge in [-0.25, -0.2) is 0 Å². The molecule has 2 saturated heterocycles. The van der Waals surface area contributed by atoms with Crippen molar-refractivity contribution < 1.29 is 9.47 Å². The lowest BCUT2D eigenvalue weighted by atomic mass is 10.2. The molecular weight excluding hydrogens is 216 g/mol. The smallest absolute Gasteiger partial charge is 0.158 e. The summed E-state index contributed by atoms with van der Waals surface area (Å²) in [6, 6.07) is 0.933. The standard InChI is InChI=1S/C13H24N2O2/c1-10-16-13(17-11-1)4-5-14-6-8-15(9-7-14)12-2-3-12/h12-13H,1-11H2. The van der Waals surface area contributed by atoms with Gasteiger partial charge in [0, 0.05) is 45.2 Å². The molecule has 0 bridgehead atoms. The van der Waals surface area contributed by atoms with Crippen LogP contribution in [0.25, 0.3) is 0 Å². The molecule has 3 rings (SSSR count). The molecule has 0 N–H and O–H groups in total. The number of ether oxygens (including phenoxy) is 2. The second kappa shape index (κ2) is 5.65. The molecule has 0 aromatic carbocycles. The Morgan fingerprint density at radius 2 is 1.65 bits per heavy atom. The predicted octanol–water partition coefficient (Wildman–Crippen LogP) is 0.919. The molecule has 1 aliphatic carbocycles. The maximum absolute atomic E-state index is 5.58. The van der Waals surface area contributed by atoms with E-state index < -0.39 is 0 Å². The van der Waals surface area contributed by atoms with Gasteiger partial charge < -0.3 is 14.4 Å². The summed E-state index contributed by atoms with van der Waals surface area (Å²) in [6.07, 6.45) is 5.01. The van der Waals surface area contributed by atoms with Crippen molar-refractivity contribution in [1.82, 2.24) is 9.80 Å². The topological polar surface area (TPSA) is 24.9 Å². The molecule has 2 aliphatic heterocycles. The number of hydrogen-bond donors (Lipinski definition) is 0. The Labute approximate surface area is 104 Å². The maximum Gasteiger partial charge on any atom is 0.158 e. The molecular formula is C13H24N2O2. The molecule has 4 nitrogen and oxygen atoms in total. The van der Waals surface area contributed by atoms with Gasteiger partial charge in [-0.3, -0.25) is 4.90 Å². The zero-order chi connectivity index (χ0) is 11.5. The third-order valence-corrected chi connectivity index (χ3v) is 4.05. The highest BCUT2D eigenvalue weighted by atomic mass is 16.7. The van der Waals surface area contributed by atoms with Crippen LogP contribution in [-0.2, 0) is 9.47 Å². The van der Waals surface area contributed by atoms with Crippen LogP contribution in [-0.4, -0.2) is 68.1 Å². The lowest BCUT2D eigenvalue weighted by Gasteiger charge is -2.35. The molecule has 0 aromatic rings. The molecule has 0 radical (unpaired) electrons. The summed E-state index contributed by atoms with van der Waals surface area (Å²) in [7, 11) is 0. The quantitative estimate of drug-likeness (QED) is 0.729. The van der Waals surface area contributed by atoms with E-state index >= 15 is 0 Å². The van der Waals surface area contributed by atoms with E-state index in [-0.39, 0.29) is 6.29 Å². The Balaban J connectivity index is 1.32. The fourth-order valence-corrected chi connectivity index (χ4v) is 2.78. The Bertz CT molecular complexity index is 232. The van der Waals surface area contributed by atoms with Crippen molar-refractivity contribution >= 4 is 0 Å². The van der Waals surface area contributed by atoms with E-state index in [2.05, 4.69) is 9.80 Å². The first kappa shape index (κ1) is 11.9. The summed E-state index contributed by atoms with van der Waals surface area (Å²) >= 11 is 0. The molecule has 4 heteroatoms. The number of piperazine rings is 1. The van der Waals surface area contributed by atoms with Gasteiger partial charge in [0.25, 0.3) is 0 Å². The zero-order valence-electron chi connectivity index (χ0n) is 10.6. The fraction of sp³-hybridized carbons (Fsp3) is 1.00. The minimum atomic E-state index is 0.0604. The van der Waals surface area contributed by atoms with E-state index in [0.717, 1.165) is 38.6 Å². The van der Waals surface area contributed by atoms with Crippen molar-refractivity contribution in [2.24, 2.45) is 0 Å². The van der Waals surface area contributed by atoms with Crippen LogP contribution in [0.4, 0.5) is 0 Å². The first-order valence-corrected chi connectivity index (χ1v) is 7.11. The average molecular weight is 240 g/mol. The average Bonchev–Trinajstić information content (AvgIpc) is 3.23. The van der Waals surface area contributed by atoms with Crippen molar-refractivity contribution in [3.05, 3.63) is 0 Å². The van der Waals surface area contributed by atoms with Crippen LogP contribution >= 0.6 is 0 Å². The van der Waals surface area contributed by atoms with Crippen molar-refractivity contribution in [3.8, 4) is 0 Å². The Morgan fingerprint density at radius 1 is 0.941 bits per heavy atom. The van der Waals surface area contributed by atoms with Crippen molar-refractivity contribution in [2.75, 3.05) is 45.9 Å². The summed E-state index contributed by atoms with van der Waals surface area (Å²) in [5.41, 5.74) is 0. The van der Waals surface area contributed by atoms with Crippen LogP contribution in [0, 0.1) is 0 Å². The van der Waals surface area contributed by atoms with Gasteiger partial charge in [-0.15, -0.1) is 0 Å². The summed E-state index contributed by atoms with van der Waals surface area (Å²) in [4.78, 5) is 5.21. The van der Waals surface area contributed by atoms with E-state index in [1.807, 2.05) is 0 Å². The Morgan fingerprint density at radius 3 is 2.29 bits per heavy atom. The lowest BCUT2D eigenvalue weighted by Crippen LogP contribution is -2.47. The third-order valence-electron chi connectivity index (χ3n) is 4.05. The SMILES string of the molecule is C1COC(CCN2CCN(C3CC3)CC2)OC1. The van der Waals surface area contributed by atoms with E-state index in [1.165, 1.54) is 39.0 Å². The van der Waals surface area contributed by atoms with Crippen molar-refractivity contribution in [3.63, 3.8) is 0 Å². The van der Waals surface area contributed by atoms with E-state index in [9.17, 15) is 0 Å². The van der Waals surface area contributed by atoms with Crippen LogP contribution < -0.4 is 0 Å². The molecule has 0 atom stereocenters. The Hall–Kier alpha value is -0.160. The third kappa shape index (κ3) is 3.41. The molecule has 3 fully saturated rings. The second-order valence-corrected chi connectivity index (χ2v) is 5.42. The largest absolute Gasteiger partial charge is 0.353 e. The Kier molecular flexibility index (Phi) is 3.96. The first-order chi connectivity index (χ1) is 8.42. The molecule has 0 unspecified atom stereocenters. The molecule has 1 saturated carbocycles. The molecule has 0 amide bonds. The van der Waals surface area contributed by atoms with E-state index in [1.54, 1.807) is 0 Å². The monoisotopic (exact) mass is 240 g/mol. The predicted molar refractivity (Wildman–Crippen MR) is 66.0 cm³/mol. The summed E-state index contributed by atoms with van der Waals surface area (Å²) in [5.74, 6) is 0. The van der Waals surface area contributed by atoms with Crippen LogP contribution in [0.1, 0.15) is 25.7 Å². The van der Waals surface area contributed by atoms with Crippen molar-refractivity contribution in [1.29, 1.82) is 0 Å². The van der Waals surface area contributed by atoms with Gasteiger partial charge >= 0.3 is 0 Å². The molecule has 3 aliphatic rings. The minimum absolute atomic E-state index is 0.0604. The van der Waals surface area contributed by atoms with Crippen molar-refractivity contribution in [2.45, 2.75) is 38.0 Å². The van der Waals surface area contributed by atoms with Gasteiger partial charge in [0.2, 0.25) is 0 Å². The lowest BCUT2D eigenvalue weighted by molar-refractivity contribution is -0.183. The van der Waals surface area contributed by atoms with Crippen LogP contribution in [0.2, 0.25) is 0 Å². The molecule has 98 valence electrons. The van der Waals surface area contributed by atoms with Gasteiger partial charge in [0.05, 0.1) is 13.2 Å². The van der Waals surface area contributed by atoms with Gasteiger partial charge in [0.15, 0.2) is 6.29 Å². The van der Waals surface area contributed by atoms with Crippen LogP contribution in [0.3, 0.4) is 0 Å². The number of nitrogens with zero attached hydrogens (tertiary/aromatic N) is 2. The van der Waals surface area contributed by atoms with Crippen LogP contribution in [0.5, 0.6) is 0 Å². The molecule has 0 aromatic heterocycles. The number of rotatable bonds is 4. The van der Waals surface area contributed by atoms with Gasteiger partial charge in [0.1, 0.15) is 0 Å². The van der Waals surface area contributed by atoms with E-state index in [4.69, 9.17) is 9.47 Å². The zero-order valence-corrected chi connectivity index (χ0v) is 10.6. The highest BCUT2D eigenvalue weighted by molar-refractivity contribution is 4.87. The van der Waals surface area contributed by atoms with Gasteiger partial charge in [-0.1, -0.05) is 0 Å². The molecule has 2 heterocycles.